The molecular weight excluding hydrogens is 238 g/mol. The van der Waals surface area contributed by atoms with Crippen molar-refractivity contribution >= 4 is 22.9 Å². The van der Waals surface area contributed by atoms with Crippen LogP contribution in [0.3, 0.4) is 0 Å². The van der Waals surface area contributed by atoms with Gasteiger partial charge < -0.3 is 14.2 Å². The van der Waals surface area contributed by atoms with Gasteiger partial charge in [-0.05, 0) is 32.4 Å². The van der Waals surface area contributed by atoms with E-state index in [1.54, 1.807) is 20.8 Å². The smallest absolute Gasteiger partial charge is 0.410 e. The Labute approximate surface area is 99.2 Å². The summed E-state index contributed by atoms with van der Waals surface area (Å²) in [5.41, 5.74) is -0.661. The summed E-state index contributed by atoms with van der Waals surface area (Å²) < 4.78 is 14.3. The van der Waals surface area contributed by atoms with Crippen molar-refractivity contribution in [1.82, 2.24) is 5.32 Å². The highest BCUT2D eigenvalue weighted by Crippen LogP contribution is 2.07. The molecular formula is C9H16ClNO5. The van der Waals surface area contributed by atoms with Crippen LogP contribution in [0.2, 0.25) is 0 Å². The fourth-order valence-corrected chi connectivity index (χ4v) is 0.832. The van der Waals surface area contributed by atoms with Crippen LogP contribution in [0, 0.1) is 0 Å². The lowest BCUT2D eigenvalue weighted by Gasteiger charge is -2.21. The maximum absolute atomic E-state index is 11.3. The summed E-state index contributed by atoms with van der Waals surface area (Å²) in [7, 11) is 1.38. The molecule has 0 saturated heterocycles. The summed E-state index contributed by atoms with van der Waals surface area (Å²) >= 11 is 5.21. The van der Waals surface area contributed by atoms with Crippen molar-refractivity contribution < 1.29 is 23.8 Å². The Morgan fingerprint density at radius 2 is 1.94 bits per heavy atom. The Hall–Kier alpha value is -0.850. The Balaban J connectivity index is 4.19. The van der Waals surface area contributed by atoms with Crippen molar-refractivity contribution in [3.05, 3.63) is 0 Å². The molecule has 94 valence electrons. The van der Waals surface area contributed by atoms with E-state index in [4.69, 9.17) is 21.1 Å². The van der Waals surface area contributed by atoms with E-state index < -0.39 is 23.2 Å². The van der Waals surface area contributed by atoms with Crippen molar-refractivity contribution in [3.8, 4) is 0 Å². The number of hydrogen-bond acceptors (Lipinski definition) is 5. The SMILES string of the molecule is COCOC(NC(=O)OC(C)(C)C)C(=O)Cl. The number of halogens is 1. The molecule has 1 N–H and O–H groups in total. The van der Waals surface area contributed by atoms with Gasteiger partial charge >= 0.3 is 6.09 Å². The molecule has 1 unspecified atom stereocenters. The first-order chi connectivity index (χ1) is 7.26. The average molecular weight is 254 g/mol. The number of carbonyl (C=O) groups excluding carboxylic acids is 2. The molecule has 0 spiro atoms. The number of carbonyl (C=O) groups is 2. The van der Waals surface area contributed by atoms with Crippen molar-refractivity contribution in [3.63, 3.8) is 0 Å². The normalized spacial score (nSPS) is 13.1. The predicted molar refractivity (Wildman–Crippen MR) is 57.0 cm³/mol. The molecule has 0 heterocycles. The van der Waals surface area contributed by atoms with Crippen LogP contribution < -0.4 is 5.32 Å². The van der Waals surface area contributed by atoms with Crippen LogP contribution in [-0.2, 0) is 19.0 Å². The zero-order chi connectivity index (χ0) is 12.8. The third-order valence-corrected chi connectivity index (χ3v) is 1.40. The molecule has 0 saturated carbocycles. The van der Waals surface area contributed by atoms with Gasteiger partial charge in [0, 0.05) is 7.11 Å². The van der Waals surface area contributed by atoms with Crippen molar-refractivity contribution in [2.75, 3.05) is 13.9 Å². The zero-order valence-corrected chi connectivity index (χ0v) is 10.5. The van der Waals surface area contributed by atoms with Crippen LogP contribution in [0.25, 0.3) is 0 Å². The lowest BCUT2D eigenvalue weighted by Crippen LogP contribution is -2.43. The number of alkyl carbamates (subject to hydrolysis) is 1. The molecule has 16 heavy (non-hydrogen) atoms. The molecule has 0 radical (unpaired) electrons. The number of nitrogens with one attached hydrogen (secondary N) is 1. The Kier molecular flexibility index (Phi) is 6.32. The molecule has 0 aromatic heterocycles. The second-order valence-electron chi connectivity index (χ2n) is 3.90. The highest BCUT2D eigenvalue weighted by atomic mass is 35.5. The summed E-state index contributed by atoms with van der Waals surface area (Å²) in [5, 5.41) is 1.30. The number of rotatable bonds is 5. The van der Waals surface area contributed by atoms with E-state index in [1.807, 2.05) is 0 Å². The molecule has 0 rings (SSSR count). The lowest BCUT2D eigenvalue weighted by molar-refractivity contribution is -0.134. The summed E-state index contributed by atoms with van der Waals surface area (Å²) in [4.78, 5) is 22.1. The Morgan fingerprint density at radius 3 is 2.31 bits per heavy atom. The first-order valence-electron chi connectivity index (χ1n) is 4.55. The predicted octanol–water partition coefficient (Wildman–Crippen LogP) is 1.22. The molecule has 0 aromatic carbocycles. The van der Waals surface area contributed by atoms with E-state index in [1.165, 1.54) is 7.11 Å². The third kappa shape index (κ3) is 7.44. The minimum Gasteiger partial charge on any atom is -0.444 e. The second-order valence-corrected chi connectivity index (χ2v) is 4.28. The van der Waals surface area contributed by atoms with E-state index in [-0.39, 0.29) is 6.79 Å². The average Bonchev–Trinajstić information content (AvgIpc) is 2.08. The maximum atomic E-state index is 11.3. The third-order valence-electron chi connectivity index (χ3n) is 1.21. The molecule has 1 atom stereocenters. The minimum absolute atomic E-state index is 0.168. The monoisotopic (exact) mass is 253 g/mol. The fourth-order valence-electron chi connectivity index (χ4n) is 0.715. The topological polar surface area (TPSA) is 73.9 Å². The summed E-state index contributed by atoms with van der Waals surface area (Å²) in [6.45, 7) is 4.92. The van der Waals surface area contributed by atoms with Gasteiger partial charge in [0.1, 0.15) is 12.4 Å². The summed E-state index contributed by atoms with van der Waals surface area (Å²) in [5.74, 6) is 0. The van der Waals surface area contributed by atoms with Crippen molar-refractivity contribution in [2.24, 2.45) is 0 Å². The molecule has 0 aliphatic rings. The van der Waals surface area contributed by atoms with Gasteiger partial charge in [-0.3, -0.25) is 10.1 Å². The Bertz CT molecular complexity index is 251. The van der Waals surface area contributed by atoms with Crippen LogP contribution in [0.15, 0.2) is 0 Å². The quantitative estimate of drug-likeness (QED) is 0.589. The van der Waals surface area contributed by atoms with Gasteiger partial charge in [-0.1, -0.05) is 0 Å². The highest BCUT2D eigenvalue weighted by Gasteiger charge is 2.23. The molecule has 0 aliphatic heterocycles. The van der Waals surface area contributed by atoms with E-state index in [0.717, 1.165) is 0 Å². The number of ether oxygens (including phenoxy) is 3. The van der Waals surface area contributed by atoms with E-state index >= 15 is 0 Å². The zero-order valence-electron chi connectivity index (χ0n) is 9.70. The second kappa shape index (κ2) is 6.67. The van der Waals surface area contributed by atoms with Crippen LogP contribution >= 0.6 is 11.6 Å². The number of methoxy groups -OCH3 is 1. The molecule has 7 heteroatoms. The first kappa shape index (κ1) is 15.2. The van der Waals surface area contributed by atoms with Gasteiger partial charge in [-0.2, -0.15) is 0 Å². The van der Waals surface area contributed by atoms with E-state index in [2.05, 4.69) is 10.1 Å². The molecule has 0 aliphatic carbocycles. The number of amides is 1. The van der Waals surface area contributed by atoms with Crippen LogP contribution in [0.4, 0.5) is 4.79 Å². The Morgan fingerprint density at radius 1 is 1.38 bits per heavy atom. The first-order valence-corrected chi connectivity index (χ1v) is 4.93. The molecule has 0 bridgehead atoms. The molecule has 6 nitrogen and oxygen atoms in total. The molecule has 0 fully saturated rings. The van der Waals surface area contributed by atoms with Gasteiger partial charge in [0.2, 0.25) is 6.23 Å². The van der Waals surface area contributed by atoms with Crippen LogP contribution in [0.1, 0.15) is 20.8 Å². The van der Waals surface area contributed by atoms with Crippen molar-refractivity contribution in [2.45, 2.75) is 32.6 Å². The van der Waals surface area contributed by atoms with Crippen LogP contribution in [0.5, 0.6) is 0 Å². The minimum atomic E-state index is -1.28. The highest BCUT2D eigenvalue weighted by molar-refractivity contribution is 6.64. The summed E-state index contributed by atoms with van der Waals surface area (Å²) in [6, 6.07) is 0. The molecule has 0 aromatic rings. The maximum Gasteiger partial charge on any atom is 0.410 e. The number of hydrogen-bond donors (Lipinski definition) is 1. The fraction of sp³-hybridized carbons (Fsp3) is 0.778. The van der Waals surface area contributed by atoms with Gasteiger partial charge in [-0.25, -0.2) is 4.79 Å². The van der Waals surface area contributed by atoms with Gasteiger partial charge in [-0.15, -0.1) is 0 Å². The standard InChI is InChI=1S/C9H16ClNO5/c1-9(2,3)16-8(13)11-7(6(10)12)15-5-14-4/h7H,5H2,1-4H3,(H,11,13). The lowest BCUT2D eigenvalue weighted by atomic mass is 10.2. The van der Waals surface area contributed by atoms with Crippen molar-refractivity contribution in [1.29, 1.82) is 0 Å². The largest absolute Gasteiger partial charge is 0.444 e. The molecule has 1 amide bonds. The van der Waals surface area contributed by atoms with Gasteiger partial charge in [0.25, 0.3) is 5.24 Å². The van der Waals surface area contributed by atoms with Gasteiger partial charge in [0.15, 0.2) is 0 Å². The van der Waals surface area contributed by atoms with Gasteiger partial charge in [0.05, 0.1) is 0 Å². The van der Waals surface area contributed by atoms with E-state index in [9.17, 15) is 9.59 Å². The van der Waals surface area contributed by atoms with E-state index in [0.29, 0.717) is 0 Å². The van der Waals surface area contributed by atoms with Crippen LogP contribution in [-0.4, -0.2) is 37.1 Å². The summed E-state index contributed by atoms with van der Waals surface area (Å²) in [6.07, 6.45) is -2.07.